The molecular weight excluding hydrogens is 212 g/mol. The summed E-state index contributed by atoms with van der Waals surface area (Å²) in [6.45, 7) is 6.10. The Morgan fingerprint density at radius 1 is 1.13 bits per heavy atom. The van der Waals surface area contributed by atoms with Crippen LogP contribution in [-0.4, -0.2) is 20.2 Å². The number of sulfonamides is 1. The van der Waals surface area contributed by atoms with Gasteiger partial charge in [-0.3, -0.25) is 0 Å². The highest BCUT2D eigenvalue weighted by atomic mass is 32.2. The van der Waals surface area contributed by atoms with Crippen molar-refractivity contribution in [3.63, 3.8) is 0 Å². The molecule has 0 fully saturated rings. The summed E-state index contributed by atoms with van der Waals surface area (Å²) >= 11 is 0. The minimum atomic E-state index is -3.13. The zero-order chi connectivity index (χ0) is 11.7. The first-order valence-corrected chi connectivity index (χ1v) is 7.42. The molecule has 0 amide bonds. The van der Waals surface area contributed by atoms with Crippen LogP contribution in [0.25, 0.3) is 0 Å². The number of hydrogen-bond donors (Lipinski definition) is 2. The molecular formula is C10H24N2O2S. The van der Waals surface area contributed by atoms with E-state index in [1.807, 2.05) is 6.92 Å². The first kappa shape index (κ1) is 14.9. The summed E-state index contributed by atoms with van der Waals surface area (Å²) in [5, 5.41) is 0. The molecule has 92 valence electrons. The van der Waals surface area contributed by atoms with Gasteiger partial charge in [0.05, 0.1) is 5.75 Å². The van der Waals surface area contributed by atoms with Gasteiger partial charge in [0.1, 0.15) is 0 Å². The quantitative estimate of drug-likeness (QED) is 0.474. The molecule has 0 radical (unpaired) electrons. The van der Waals surface area contributed by atoms with Gasteiger partial charge in [-0.1, -0.05) is 33.1 Å². The van der Waals surface area contributed by atoms with E-state index in [9.17, 15) is 8.42 Å². The summed E-state index contributed by atoms with van der Waals surface area (Å²) in [7, 11) is -3.13. The van der Waals surface area contributed by atoms with E-state index < -0.39 is 10.0 Å². The fourth-order valence-corrected chi connectivity index (χ4v) is 2.36. The molecule has 0 aliphatic heterocycles. The summed E-state index contributed by atoms with van der Waals surface area (Å²) in [6, 6.07) is 0.191. The molecule has 0 aromatic carbocycles. The molecule has 0 rings (SSSR count). The van der Waals surface area contributed by atoms with Crippen LogP contribution in [0.15, 0.2) is 0 Å². The molecule has 1 unspecified atom stereocenters. The lowest BCUT2D eigenvalue weighted by Gasteiger charge is -2.13. The minimum Gasteiger partial charge on any atom is -0.241 e. The van der Waals surface area contributed by atoms with Gasteiger partial charge in [-0.2, -0.15) is 4.83 Å². The monoisotopic (exact) mass is 236 g/mol. The summed E-state index contributed by atoms with van der Waals surface area (Å²) in [5.74, 6) is 0.215. The number of rotatable bonds is 9. The van der Waals surface area contributed by atoms with Crippen LogP contribution in [0.4, 0.5) is 0 Å². The van der Waals surface area contributed by atoms with Crippen LogP contribution in [0, 0.1) is 0 Å². The van der Waals surface area contributed by atoms with Crippen molar-refractivity contribution in [1.82, 2.24) is 10.3 Å². The van der Waals surface area contributed by atoms with E-state index in [4.69, 9.17) is 0 Å². The fraction of sp³-hybridized carbons (Fsp3) is 1.00. The van der Waals surface area contributed by atoms with Gasteiger partial charge in [0.15, 0.2) is 0 Å². The van der Waals surface area contributed by atoms with E-state index in [0.29, 0.717) is 0 Å². The van der Waals surface area contributed by atoms with Crippen LogP contribution in [0.3, 0.4) is 0 Å². The number of hydrazine groups is 1. The van der Waals surface area contributed by atoms with Gasteiger partial charge in [-0.05, 0) is 19.8 Å². The molecule has 1 atom stereocenters. The molecule has 0 heterocycles. The number of nitrogens with one attached hydrogen (secondary N) is 2. The molecule has 4 nitrogen and oxygen atoms in total. The average molecular weight is 236 g/mol. The van der Waals surface area contributed by atoms with Crippen LogP contribution < -0.4 is 10.3 Å². The summed E-state index contributed by atoms with van der Waals surface area (Å²) in [6.07, 6.45) is 4.75. The largest absolute Gasteiger partial charge is 0.241 e. The molecule has 0 aromatic heterocycles. The maximum atomic E-state index is 11.4. The second-order valence-electron chi connectivity index (χ2n) is 3.96. The molecule has 0 aliphatic rings. The molecule has 2 N–H and O–H groups in total. The highest BCUT2D eigenvalue weighted by molar-refractivity contribution is 7.89. The molecule has 0 aliphatic carbocycles. The Morgan fingerprint density at radius 3 is 2.33 bits per heavy atom. The zero-order valence-electron chi connectivity index (χ0n) is 10.0. The minimum absolute atomic E-state index is 0.191. The highest BCUT2D eigenvalue weighted by Gasteiger charge is 2.10. The van der Waals surface area contributed by atoms with E-state index >= 15 is 0 Å². The van der Waals surface area contributed by atoms with E-state index in [1.54, 1.807) is 0 Å². The Hall–Kier alpha value is -0.130. The van der Waals surface area contributed by atoms with Crippen molar-refractivity contribution in [2.75, 3.05) is 5.75 Å². The third-order valence-corrected chi connectivity index (χ3v) is 3.45. The van der Waals surface area contributed by atoms with Crippen LogP contribution in [-0.2, 0) is 10.0 Å². The van der Waals surface area contributed by atoms with E-state index in [-0.39, 0.29) is 11.8 Å². The molecule has 0 spiro atoms. The second kappa shape index (κ2) is 8.07. The predicted molar refractivity (Wildman–Crippen MR) is 64.0 cm³/mol. The lowest BCUT2D eigenvalue weighted by Crippen LogP contribution is -2.43. The van der Waals surface area contributed by atoms with Crippen molar-refractivity contribution < 1.29 is 8.42 Å². The van der Waals surface area contributed by atoms with Crippen LogP contribution in [0.1, 0.15) is 52.9 Å². The topological polar surface area (TPSA) is 58.2 Å². The normalized spacial score (nSPS) is 14.1. The maximum Gasteiger partial charge on any atom is 0.224 e. The van der Waals surface area contributed by atoms with Gasteiger partial charge in [-0.25, -0.2) is 13.8 Å². The Balaban J connectivity index is 3.73. The van der Waals surface area contributed by atoms with Gasteiger partial charge in [0.25, 0.3) is 0 Å². The van der Waals surface area contributed by atoms with Crippen molar-refractivity contribution in [3.05, 3.63) is 0 Å². The SMILES string of the molecule is CCCCCS(=O)(=O)NNC(C)CCC. The Morgan fingerprint density at radius 2 is 1.80 bits per heavy atom. The van der Waals surface area contributed by atoms with Crippen molar-refractivity contribution >= 4 is 10.0 Å². The standard InChI is InChI=1S/C10H24N2O2S/c1-4-6-7-9-15(13,14)12-11-10(3)8-5-2/h10-12H,4-9H2,1-3H3. The molecule has 0 saturated carbocycles. The predicted octanol–water partition coefficient (Wildman–Crippen LogP) is 1.79. The Kier molecular flexibility index (Phi) is 8.00. The third kappa shape index (κ3) is 8.84. The van der Waals surface area contributed by atoms with Crippen molar-refractivity contribution in [1.29, 1.82) is 0 Å². The number of hydrogen-bond acceptors (Lipinski definition) is 3. The Labute approximate surface area is 93.9 Å². The van der Waals surface area contributed by atoms with Gasteiger partial charge < -0.3 is 0 Å². The van der Waals surface area contributed by atoms with Crippen molar-refractivity contribution in [3.8, 4) is 0 Å². The summed E-state index contributed by atoms with van der Waals surface area (Å²) in [4.78, 5) is 2.42. The summed E-state index contributed by atoms with van der Waals surface area (Å²) < 4.78 is 22.9. The lowest BCUT2D eigenvalue weighted by molar-refractivity contribution is 0.475. The maximum absolute atomic E-state index is 11.4. The molecule has 5 heteroatoms. The second-order valence-corrected chi connectivity index (χ2v) is 5.80. The van der Waals surface area contributed by atoms with Crippen LogP contribution >= 0.6 is 0 Å². The van der Waals surface area contributed by atoms with Gasteiger partial charge >= 0.3 is 0 Å². The first-order valence-electron chi connectivity index (χ1n) is 5.76. The molecule has 0 bridgehead atoms. The fourth-order valence-electron chi connectivity index (χ4n) is 1.29. The van der Waals surface area contributed by atoms with Gasteiger partial charge in [-0.15, -0.1) is 0 Å². The Bertz CT molecular complexity index is 240. The number of unbranched alkanes of at least 4 members (excludes halogenated alkanes) is 2. The first-order chi connectivity index (χ1) is 7.02. The van der Waals surface area contributed by atoms with Crippen molar-refractivity contribution in [2.45, 2.75) is 58.9 Å². The zero-order valence-corrected chi connectivity index (χ0v) is 10.9. The van der Waals surface area contributed by atoms with Gasteiger partial charge in [0.2, 0.25) is 10.0 Å². The molecule has 0 aromatic rings. The van der Waals surface area contributed by atoms with Crippen molar-refractivity contribution in [2.24, 2.45) is 0 Å². The molecule has 0 saturated heterocycles. The average Bonchev–Trinajstić information content (AvgIpc) is 2.16. The van der Waals surface area contributed by atoms with E-state index in [0.717, 1.165) is 32.1 Å². The van der Waals surface area contributed by atoms with Crippen LogP contribution in [0.5, 0.6) is 0 Å². The van der Waals surface area contributed by atoms with E-state index in [2.05, 4.69) is 24.1 Å². The lowest BCUT2D eigenvalue weighted by atomic mass is 10.2. The summed E-state index contributed by atoms with van der Waals surface area (Å²) in [5.41, 5.74) is 2.81. The van der Waals surface area contributed by atoms with E-state index in [1.165, 1.54) is 0 Å². The third-order valence-electron chi connectivity index (χ3n) is 2.20. The van der Waals surface area contributed by atoms with Crippen LogP contribution in [0.2, 0.25) is 0 Å². The highest BCUT2D eigenvalue weighted by Crippen LogP contribution is 1.98. The van der Waals surface area contributed by atoms with Gasteiger partial charge in [0, 0.05) is 6.04 Å². The smallest absolute Gasteiger partial charge is 0.224 e. The molecule has 15 heavy (non-hydrogen) atoms.